The van der Waals surface area contributed by atoms with E-state index in [-0.39, 0.29) is 16.1 Å². The molecule has 0 saturated carbocycles. The van der Waals surface area contributed by atoms with Crippen LogP contribution in [0.2, 0.25) is 0 Å². The first kappa shape index (κ1) is 18.2. The molecule has 1 heterocycles. The molecular formula is C22H25NS2. The number of allylic oxidation sites excluding steroid dienone is 1. The quantitative estimate of drug-likeness (QED) is 0.527. The van der Waals surface area contributed by atoms with E-state index in [4.69, 9.17) is 4.36 Å². The molecule has 25 heavy (non-hydrogen) atoms. The molecule has 1 atom stereocenters. The van der Waals surface area contributed by atoms with E-state index in [1.807, 2.05) is 11.8 Å². The molecule has 0 spiro atoms. The third-order valence-corrected chi connectivity index (χ3v) is 7.50. The van der Waals surface area contributed by atoms with E-state index in [0.29, 0.717) is 0 Å². The van der Waals surface area contributed by atoms with Gasteiger partial charge in [-0.15, -0.1) is 11.8 Å². The fourth-order valence-corrected chi connectivity index (χ4v) is 5.57. The summed E-state index contributed by atoms with van der Waals surface area (Å²) in [4.78, 5) is 2.56. The molecule has 0 radical (unpaired) electrons. The van der Waals surface area contributed by atoms with Gasteiger partial charge in [-0.3, -0.25) is 0 Å². The maximum Gasteiger partial charge on any atom is 0.0710 e. The Balaban J connectivity index is 1.85. The number of nitrogens with zero attached hydrogens (tertiary/aromatic N) is 1. The highest BCUT2D eigenvalue weighted by molar-refractivity contribution is 7.99. The first-order valence-corrected chi connectivity index (χ1v) is 10.8. The zero-order valence-electron chi connectivity index (χ0n) is 15.2. The number of hydrogen-bond acceptors (Lipinski definition) is 2. The van der Waals surface area contributed by atoms with Gasteiger partial charge in [0.25, 0.3) is 0 Å². The van der Waals surface area contributed by atoms with Crippen molar-refractivity contribution in [2.45, 2.75) is 32.1 Å². The van der Waals surface area contributed by atoms with Crippen LogP contribution in [0.3, 0.4) is 0 Å². The lowest BCUT2D eigenvalue weighted by Gasteiger charge is -2.33. The van der Waals surface area contributed by atoms with Crippen molar-refractivity contribution >= 4 is 28.1 Å². The van der Waals surface area contributed by atoms with Crippen molar-refractivity contribution < 1.29 is 0 Å². The Bertz CT molecular complexity index is 815. The molecule has 0 fully saturated rings. The third kappa shape index (κ3) is 4.74. The average molecular weight is 368 g/mol. The standard InChI is InChI=1S/C22H25NS2/c1-17-10-12-20(13-11-17)23-25-16-19(14-22(3,4)18(25)2)15-24-21-8-6-5-7-9-21/h5-13,16H,2,14-15H2,1,3-4H3. The summed E-state index contributed by atoms with van der Waals surface area (Å²) in [6.45, 7) is 11.1. The van der Waals surface area contributed by atoms with Crippen molar-refractivity contribution in [1.82, 2.24) is 0 Å². The molecule has 2 aromatic rings. The molecule has 1 aliphatic heterocycles. The molecule has 1 nitrogen and oxygen atoms in total. The molecule has 0 N–H and O–H groups in total. The highest BCUT2D eigenvalue weighted by Crippen LogP contribution is 2.42. The van der Waals surface area contributed by atoms with Crippen LogP contribution in [0.4, 0.5) is 5.69 Å². The molecule has 2 aromatic carbocycles. The smallest absolute Gasteiger partial charge is 0.0710 e. The Morgan fingerprint density at radius 2 is 1.76 bits per heavy atom. The highest BCUT2D eigenvalue weighted by Gasteiger charge is 2.29. The van der Waals surface area contributed by atoms with Crippen LogP contribution in [0.15, 0.2) is 86.3 Å². The summed E-state index contributed by atoms with van der Waals surface area (Å²) in [6, 6.07) is 19.1. The zero-order chi connectivity index (χ0) is 17.9. The SMILES string of the molecule is C=C1S(=Nc2ccc(C)cc2)C=C(CSc2ccccc2)CC1(C)C. The Kier molecular flexibility index (Phi) is 5.65. The second-order valence-electron chi connectivity index (χ2n) is 7.10. The van der Waals surface area contributed by atoms with Crippen LogP contribution >= 0.6 is 11.8 Å². The zero-order valence-corrected chi connectivity index (χ0v) is 16.8. The highest BCUT2D eigenvalue weighted by atomic mass is 32.2. The minimum absolute atomic E-state index is 0.0959. The van der Waals surface area contributed by atoms with Crippen LogP contribution in [-0.4, -0.2) is 5.75 Å². The molecule has 3 heteroatoms. The number of rotatable bonds is 4. The number of aryl methyl sites for hydroxylation is 1. The number of benzene rings is 2. The predicted molar refractivity (Wildman–Crippen MR) is 113 cm³/mol. The summed E-state index contributed by atoms with van der Waals surface area (Å²) in [5, 5.41) is 2.35. The fourth-order valence-electron chi connectivity index (χ4n) is 2.80. The minimum atomic E-state index is -0.249. The van der Waals surface area contributed by atoms with Gasteiger partial charge in [0.2, 0.25) is 0 Å². The van der Waals surface area contributed by atoms with E-state index < -0.39 is 0 Å². The molecule has 0 aromatic heterocycles. The third-order valence-electron chi connectivity index (χ3n) is 4.36. The van der Waals surface area contributed by atoms with Crippen LogP contribution in [0.25, 0.3) is 0 Å². The predicted octanol–water partition coefficient (Wildman–Crippen LogP) is 7.05. The van der Waals surface area contributed by atoms with Gasteiger partial charge < -0.3 is 0 Å². The van der Waals surface area contributed by atoms with Gasteiger partial charge in [-0.1, -0.05) is 61.9 Å². The van der Waals surface area contributed by atoms with Crippen molar-refractivity contribution in [3.63, 3.8) is 0 Å². The first-order valence-electron chi connectivity index (χ1n) is 8.52. The van der Waals surface area contributed by atoms with Crippen LogP contribution < -0.4 is 0 Å². The summed E-state index contributed by atoms with van der Waals surface area (Å²) in [5.41, 5.74) is 3.88. The molecule has 1 aliphatic rings. The molecule has 1 unspecified atom stereocenters. The van der Waals surface area contributed by atoms with E-state index in [9.17, 15) is 0 Å². The van der Waals surface area contributed by atoms with Crippen molar-refractivity contribution in [1.29, 1.82) is 0 Å². The maximum atomic E-state index is 4.98. The molecule has 0 aliphatic carbocycles. The average Bonchev–Trinajstić information content (AvgIpc) is 2.60. The van der Waals surface area contributed by atoms with Gasteiger partial charge >= 0.3 is 0 Å². The van der Waals surface area contributed by atoms with Crippen LogP contribution in [0.5, 0.6) is 0 Å². The summed E-state index contributed by atoms with van der Waals surface area (Å²) >= 11 is 1.90. The lowest BCUT2D eigenvalue weighted by atomic mass is 9.86. The van der Waals surface area contributed by atoms with Crippen molar-refractivity contribution in [2.75, 3.05) is 5.75 Å². The Labute approximate surface area is 158 Å². The first-order chi connectivity index (χ1) is 11.9. The van der Waals surface area contributed by atoms with Gasteiger partial charge in [0.15, 0.2) is 0 Å². The van der Waals surface area contributed by atoms with Gasteiger partial charge in [0.1, 0.15) is 0 Å². The number of thioether (sulfide) groups is 1. The van der Waals surface area contributed by atoms with E-state index in [1.54, 1.807) is 0 Å². The molecule has 0 bridgehead atoms. The Hall–Kier alpha value is -1.58. The normalized spacial score (nSPS) is 19.7. The second kappa shape index (κ2) is 7.76. The minimum Gasteiger partial charge on any atom is -0.219 e. The lowest BCUT2D eigenvalue weighted by Crippen LogP contribution is -2.22. The summed E-state index contributed by atoms with van der Waals surface area (Å²) < 4.78 is 4.98. The maximum absolute atomic E-state index is 4.98. The van der Waals surface area contributed by atoms with Gasteiger partial charge in [0, 0.05) is 16.1 Å². The molecular weight excluding hydrogens is 342 g/mol. The Morgan fingerprint density at radius 3 is 2.44 bits per heavy atom. The molecule has 0 saturated heterocycles. The van der Waals surface area contributed by atoms with E-state index in [1.165, 1.54) is 20.9 Å². The van der Waals surface area contributed by atoms with Crippen LogP contribution in [0.1, 0.15) is 25.8 Å². The van der Waals surface area contributed by atoms with E-state index in [0.717, 1.165) is 17.9 Å². The van der Waals surface area contributed by atoms with E-state index in [2.05, 4.69) is 87.4 Å². The summed E-state index contributed by atoms with van der Waals surface area (Å²) in [5.74, 6) is 1.02. The van der Waals surface area contributed by atoms with Crippen LogP contribution in [0, 0.1) is 12.3 Å². The van der Waals surface area contributed by atoms with E-state index >= 15 is 0 Å². The van der Waals surface area contributed by atoms with Crippen LogP contribution in [-0.2, 0) is 10.7 Å². The molecule has 0 amide bonds. The monoisotopic (exact) mass is 367 g/mol. The second-order valence-corrected chi connectivity index (χ2v) is 9.69. The molecule has 3 rings (SSSR count). The van der Waals surface area contributed by atoms with Gasteiger partial charge in [0.05, 0.1) is 5.69 Å². The lowest BCUT2D eigenvalue weighted by molar-refractivity contribution is 0.465. The Morgan fingerprint density at radius 1 is 1.08 bits per heavy atom. The van der Waals surface area contributed by atoms with Crippen molar-refractivity contribution in [2.24, 2.45) is 9.78 Å². The number of hydrogen-bond donors (Lipinski definition) is 0. The van der Waals surface area contributed by atoms with Crippen molar-refractivity contribution in [3.05, 3.63) is 82.6 Å². The topological polar surface area (TPSA) is 12.4 Å². The van der Waals surface area contributed by atoms with Gasteiger partial charge in [-0.05, 0) is 58.6 Å². The summed E-state index contributed by atoms with van der Waals surface area (Å²) in [7, 11) is -0.249. The van der Waals surface area contributed by atoms with Gasteiger partial charge in [-0.2, -0.15) is 0 Å². The largest absolute Gasteiger partial charge is 0.219 e. The van der Waals surface area contributed by atoms with Gasteiger partial charge in [-0.25, -0.2) is 4.36 Å². The molecule has 130 valence electrons. The summed E-state index contributed by atoms with van der Waals surface area (Å²) in [6.07, 6.45) is 1.07. The fraction of sp³-hybridized carbons (Fsp3) is 0.273. The van der Waals surface area contributed by atoms with Crippen molar-refractivity contribution in [3.8, 4) is 0 Å².